The minimum absolute atomic E-state index is 0. The summed E-state index contributed by atoms with van der Waals surface area (Å²) in [6.45, 7) is 0. The van der Waals surface area contributed by atoms with E-state index in [0.29, 0.717) is 0 Å². The first kappa shape index (κ1) is 36.2. The topological polar surface area (TPSA) is 208 Å². The van der Waals surface area contributed by atoms with Crippen molar-refractivity contribution in [2.45, 2.75) is 0 Å². The fraction of sp³-hybridized carbons (Fsp3) is 0. The van der Waals surface area contributed by atoms with Gasteiger partial charge in [0, 0.05) is 0 Å². The van der Waals surface area contributed by atoms with Crippen molar-refractivity contribution in [3.8, 4) is 0 Å². The SMILES string of the molecule is [ClH2+].[Na+].[Na+].[O-][Br+2]([O-])[O-].[O-][Br+2]([O-])[O-].[O-][Br+2]([O-])[O-]. The quantitative estimate of drug-likeness (QED) is 0.309. The van der Waals surface area contributed by atoms with Crippen molar-refractivity contribution in [1.29, 1.82) is 0 Å². The van der Waals surface area contributed by atoms with Crippen LogP contribution < -0.4 is 96.9 Å². The van der Waals surface area contributed by atoms with Crippen LogP contribution in [-0.2, 0) is 0 Å². The Morgan fingerprint density at radius 3 is 0.400 bits per heavy atom. The van der Waals surface area contributed by atoms with Crippen molar-refractivity contribution in [3.63, 3.8) is 0 Å². The minimum atomic E-state index is -3.65. The molecule has 0 atom stereocenters. The van der Waals surface area contributed by atoms with Crippen LogP contribution in [0, 0.1) is 56.8 Å². The molecule has 0 bridgehead atoms. The molecule has 0 heterocycles. The third kappa shape index (κ3) is 361. The number of hydrogen-bond donors (Lipinski definition) is 0. The normalized spacial score (nSPS) is 7.20. The second-order valence-electron chi connectivity index (χ2n) is 0.567. The molecule has 15 heteroatoms. The van der Waals surface area contributed by atoms with E-state index in [-0.39, 0.29) is 71.5 Å². The first-order valence-corrected chi connectivity index (χ1v) is 7.22. The maximum atomic E-state index is 8.52. The van der Waals surface area contributed by atoms with Crippen LogP contribution >= 0.6 is 0 Å². The average molecular weight is 467 g/mol. The molecule has 0 radical (unpaired) electrons. The maximum absolute atomic E-state index is 8.52. The third-order valence-corrected chi connectivity index (χ3v) is 0. The van der Waals surface area contributed by atoms with E-state index in [0.717, 1.165) is 0 Å². The van der Waals surface area contributed by atoms with E-state index in [4.69, 9.17) is 37.8 Å². The van der Waals surface area contributed by atoms with Gasteiger partial charge in [0.2, 0.25) is 44.4 Å². The largest absolute Gasteiger partial charge is 1.00 e. The van der Waals surface area contributed by atoms with Crippen molar-refractivity contribution < 1.29 is 154 Å². The van der Waals surface area contributed by atoms with Gasteiger partial charge in [0.25, 0.3) is 0 Å². The van der Waals surface area contributed by atoms with E-state index < -0.39 is 44.4 Å². The van der Waals surface area contributed by atoms with Crippen LogP contribution in [0.25, 0.3) is 0 Å². The van der Waals surface area contributed by atoms with Gasteiger partial charge in [-0.3, -0.25) is 0 Å². The number of hydrogen-bond acceptors (Lipinski definition) is 9. The van der Waals surface area contributed by atoms with E-state index in [1.165, 1.54) is 0 Å². The molecule has 0 amide bonds. The van der Waals surface area contributed by atoms with Crippen molar-refractivity contribution in [1.82, 2.24) is 0 Å². The molecule has 0 aromatic carbocycles. The molecule has 0 aliphatic carbocycles. The zero-order valence-corrected chi connectivity index (χ0v) is 16.9. The molecule has 0 aliphatic heterocycles. The summed E-state index contributed by atoms with van der Waals surface area (Å²) in [5.41, 5.74) is 0. The minimum Gasteiger partial charge on any atom is -0.405 e. The van der Waals surface area contributed by atoms with E-state index in [1.807, 2.05) is 0 Å². The Labute approximate surface area is 151 Å². The molecule has 0 spiro atoms. The van der Waals surface area contributed by atoms with E-state index in [2.05, 4.69) is 0 Å². The van der Waals surface area contributed by atoms with Crippen LogP contribution in [0.2, 0.25) is 0 Å². The second kappa shape index (κ2) is 30.4. The second-order valence-corrected chi connectivity index (χ2v) is 2.95. The van der Waals surface area contributed by atoms with Crippen molar-refractivity contribution >= 4 is 0 Å². The predicted molar refractivity (Wildman–Crippen MR) is 2.79 cm³/mol. The van der Waals surface area contributed by atoms with Gasteiger partial charge in [-0.15, -0.1) is 0 Å². The summed E-state index contributed by atoms with van der Waals surface area (Å²) in [5, 5.41) is 0. The van der Waals surface area contributed by atoms with Crippen LogP contribution in [0.3, 0.4) is 0 Å². The fourth-order valence-corrected chi connectivity index (χ4v) is 0. The van der Waals surface area contributed by atoms with Gasteiger partial charge in [-0.1, -0.05) is 0 Å². The Bertz CT molecular complexity index is 51.8. The van der Waals surface area contributed by atoms with Gasteiger partial charge in [0.15, 0.2) is 0 Å². The zero-order valence-electron chi connectivity index (χ0n) is 7.26. The van der Waals surface area contributed by atoms with Gasteiger partial charge in [-0.25, -0.2) is 0 Å². The predicted octanol–water partition coefficient (Wildman–Crippen LogP) is -17.2. The zero-order chi connectivity index (χ0) is 10.7. The molecule has 0 N–H and O–H groups in total. The molecule has 0 unspecified atom stereocenters. The van der Waals surface area contributed by atoms with Gasteiger partial charge in [-0.2, -0.15) is 0 Å². The molecule has 0 saturated heterocycles. The molecular formula is H2Br3ClNa2O9. The van der Waals surface area contributed by atoms with Crippen LogP contribution in [-0.4, -0.2) is 0 Å². The van der Waals surface area contributed by atoms with Gasteiger partial charge in [0.05, 0.1) is 12.4 Å². The fourth-order valence-electron chi connectivity index (χ4n) is 0. The standard InChI is InChI=1S/3BrO3.ClH2.2Na/c3*2-1(3)4;;;/h;;;1H2;;/q3*-1;3*+1. The Morgan fingerprint density at radius 1 is 0.400 bits per heavy atom. The Morgan fingerprint density at radius 2 is 0.400 bits per heavy atom. The summed E-state index contributed by atoms with van der Waals surface area (Å²) in [7, 11) is 0. The van der Waals surface area contributed by atoms with Crippen molar-refractivity contribution in [3.05, 3.63) is 0 Å². The van der Waals surface area contributed by atoms with Crippen LogP contribution in [0.15, 0.2) is 0 Å². The molecular weight excluding hydrogens is 465 g/mol. The summed E-state index contributed by atoms with van der Waals surface area (Å²) in [5.74, 6) is 0. The molecule has 0 saturated carbocycles. The Hall–Kier alpha value is 3.37. The summed E-state index contributed by atoms with van der Waals surface area (Å²) in [6.07, 6.45) is 0. The molecule has 0 aromatic rings. The first-order valence-electron chi connectivity index (χ1n) is 1.39. The molecule has 0 aromatic heterocycles. The number of rotatable bonds is 0. The van der Waals surface area contributed by atoms with Gasteiger partial charge >= 0.3 is 59.1 Å². The average Bonchev–Trinajstić information content (AvgIpc) is 1.54. The first-order chi connectivity index (χ1) is 5.20. The number of halogens is 4. The maximum Gasteiger partial charge on any atom is 1.00 e. The Kier molecular flexibility index (Phi) is 73.5. The van der Waals surface area contributed by atoms with Gasteiger partial charge < -0.3 is 37.8 Å². The van der Waals surface area contributed by atoms with Crippen LogP contribution in [0.5, 0.6) is 0 Å². The molecule has 0 rings (SSSR count). The molecule has 86 valence electrons. The smallest absolute Gasteiger partial charge is 0.405 e. The monoisotopic (exact) mass is 464 g/mol. The van der Waals surface area contributed by atoms with Gasteiger partial charge in [0.1, 0.15) is 0 Å². The van der Waals surface area contributed by atoms with Crippen LogP contribution in [0.4, 0.5) is 0 Å². The third-order valence-electron chi connectivity index (χ3n) is 0. The van der Waals surface area contributed by atoms with E-state index in [9.17, 15) is 0 Å². The molecule has 15 heavy (non-hydrogen) atoms. The molecule has 0 fully saturated rings. The van der Waals surface area contributed by atoms with Crippen molar-refractivity contribution in [2.75, 3.05) is 0 Å². The van der Waals surface area contributed by atoms with Crippen LogP contribution in [0.1, 0.15) is 0 Å². The summed E-state index contributed by atoms with van der Waals surface area (Å²) in [4.78, 5) is 0. The molecule has 0 aliphatic rings. The summed E-state index contributed by atoms with van der Waals surface area (Å²) in [6, 6.07) is 0. The van der Waals surface area contributed by atoms with E-state index >= 15 is 0 Å². The van der Waals surface area contributed by atoms with Gasteiger partial charge in [-0.05, 0) is 0 Å². The molecule has 9 nitrogen and oxygen atoms in total. The Balaban J connectivity index is -0.0000000184. The summed E-state index contributed by atoms with van der Waals surface area (Å²) < 4.78 is 76.7. The van der Waals surface area contributed by atoms with Crippen molar-refractivity contribution in [2.24, 2.45) is 0 Å². The van der Waals surface area contributed by atoms with E-state index in [1.54, 1.807) is 0 Å². The summed E-state index contributed by atoms with van der Waals surface area (Å²) >= 11 is -10.9.